The third-order valence-corrected chi connectivity index (χ3v) is 8.58. The van der Waals surface area contributed by atoms with Crippen LogP contribution in [0.25, 0.3) is 10.9 Å². The summed E-state index contributed by atoms with van der Waals surface area (Å²) < 4.78 is 29.3. The smallest absolute Gasteiger partial charge is 0.268 e. The molecule has 1 aliphatic carbocycles. The van der Waals surface area contributed by atoms with Crippen LogP contribution in [0.1, 0.15) is 21.7 Å². The lowest BCUT2D eigenvalue weighted by Crippen LogP contribution is -2.32. The topological polar surface area (TPSA) is 105 Å². The van der Waals surface area contributed by atoms with E-state index in [9.17, 15) is 18.3 Å². The van der Waals surface area contributed by atoms with E-state index < -0.39 is 10.0 Å². The van der Waals surface area contributed by atoms with Crippen molar-refractivity contribution < 1.29 is 18.3 Å². The molecule has 1 saturated heterocycles. The fourth-order valence-electron chi connectivity index (χ4n) is 4.53. The molecule has 3 aromatic rings. The van der Waals surface area contributed by atoms with Crippen LogP contribution in [0.5, 0.6) is 0 Å². The Balaban J connectivity index is 1.36. The summed E-state index contributed by atoms with van der Waals surface area (Å²) in [6.07, 6.45) is 1.35. The highest BCUT2D eigenvalue weighted by molar-refractivity contribution is 7.89. The highest BCUT2D eigenvalue weighted by Gasteiger charge is 2.57. The monoisotopic (exact) mass is 440 g/mol. The maximum Gasteiger partial charge on any atom is 0.268 e. The predicted molar refractivity (Wildman–Crippen MR) is 115 cm³/mol. The number of benzene rings is 1. The minimum absolute atomic E-state index is 0.0387. The Morgan fingerprint density at radius 3 is 2.71 bits per heavy atom. The molecule has 8 nitrogen and oxygen atoms in total. The molecule has 162 valence electrons. The van der Waals surface area contributed by atoms with Gasteiger partial charge in [0.15, 0.2) is 0 Å². The first-order chi connectivity index (χ1) is 14.8. The number of aliphatic hydroxyl groups is 1. The van der Waals surface area contributed by atoms with E-state index in [1.807, 2.05) is 30.3 Å². The van der Waals surface area contributed by atoms with Crippen LogP contribution in [0.2, 0.25) is 0 Å². The zero-order valence-electron chi connectivity index (χ0n) is 17.3. The van der Waals surface area contributed by atoms with E-state index in [-0.39, 0.29) is 28.7 Å². The molecule has 2 fully saturated rings. The van der Waals surface area contributed by atoms with Gasteiger partial charge in [-0.05, 0) is 30.7 Å². The molecule has 0 bridgehead atoms. The fourth-order valence-corrected chi connectivity index (χ4v) is 6.32. The number of sulfonamides is 1. The van der Waals surface area contributed by atoms with Gasteiger partial charge in [0.2, 0.25) is 10.0 Å². The van der Waals surface area contributed by atoms with Gasteiger partial charge < -0.3 is 15.0 Å². The number of carbonyl (C=O) groups excluding carboxylic acids is 1. The lowest BCUT2D eigenvalue weighted by atomic mass is 10.1. The first-order valence-electron chi connectivity index (χ1n) is 10.2. The molecule has 1 aromatic carbocycles. The third-order valence-electron chi connectivity index (χ3n) is 6.63. The third kappa shape index (κ3) is 3.24. The lowest BCUT2D eigenvalue weighted by molar-refractivity contribution is 0.0942. The molecule has 2 atom stereocenters. The van der Waals surface area contributed by atoms with Gasteiger partial charge in [0.1, 0.15) is 10.6 Å². The summed E-state index contributed by atoms with van der Waals surface area (Å²) in [5.74, 6) is -0.263. The van der Waals surface area contributed by atoms with Gasteiger partial charge in [0, 0.05) is 55.8 Å². The van der Waals surface area contributed by atoms with Crippen molar-refractivity contribution in [3.8, 4) is 0 Å². The zero-order chi connectivity index (χ0) is 21.9. The maximum absolute atomic E-state index is 13.1. The van der Waals surface area contributed by atoms with E-state index in [1.54, 1.807) is 24.7 Å². The largest absolute Gasteiger partial charge is 0.392 e. The van der Waals surface area contributed by atoms with E-state index >= 15 is 0 Å². The molecule has 2 N–H and O–H groups in total. The molecule has 1 aliphatic heterocycles. The first kappa shape index (κ1) is 20.2. The van der Waals surface area contributed by atoms with E-state index in [4.69, 9.17) is 0 Å². The van der Waals surface area contributed by atoms with Gasteiger partial charge in [-0.1, -0.05) is 18.2 Å². The number of hydrogen-bond acceptors (Lipinski definition) is 5. The van der Waals surface area contributed by atoms with Crippen molar-refractivity contribution in [1.82, 2.24) is 19.2 Å². The van der Waals surface area contributed by atoms with E-state index in [0.717, 1.165) is 16.5 Å². The summed E-state index contributed by atoms with van der Waals surface area (Å²) in [6.45, 7) is 2.67. The van der Waals surface area contributed by atoms with Crippen LogP contribution in [-0.4, -0.2) is 52.5 Å². The van der Waals surface area contributed by atoms with E-state index in [1.165, 1.54) is 10.4 Å². The average Bonchev–Trinajstić information content (AvgIpc) is 3.10. The lowest BCUT2D eigenvalue weighted by Gasteiger charge is -2.18. The number of carbonyl (C=O) groups is 1. The van der Waals surface area contributed by atoms with Gasteiger partial charge in [-0.2, -0.15) is 4.31 Å². The summed E-state index contributed by atoms with van der Waals surface area (Å²) in [4.78, 5) is 17.4. The van der Waals surface area contributed by atoms with Crippen LogP contribution >= 0.6 is 0 Å². The Labute approximate surface area is 180 Å². The van der Waals surface area contributed by atoms with Gasteiger partial charge in [0.05, 0.1) is 11.6 Å². The van der Waals surface area contributed by atoms with Gasteiger partial charge in [-0.25, -0.2) is 8.42 Å². The van der Waals surface area contributed by atoms with Crippen molar-refractivity contribution in [3.05, 3.63) is 59.5 Å². The second-order valence-corrected chi connectivity index (χ2v) is 10.3. The van der Waals surface area contributed by atoms with Crippen molar-refractivity contribution in [1.29, 1.82) is 0 Å². The number of aromatic nitrogens is 2. The van der Waals surface area contributed by atoms with Crippen LogP contribution in [0, 0.1) is 18.8 Å². The number of pyridine rings is 1. The number of nitrogens with one attached hydrogen (secondary N) is 1. The number of fused-ring (bicyclic) bond motifs is 2. The van der Waals surface area contributed by atoms with Crippen LogP contribution in [0.15, 0.2) is 47.5 Å². The molecule has 2 aromatic heterocycles. The summed E-state index contributed by atoms with van der Waals surface area (Å²) >= 11 is 0. The molecule has 5 rings (SSSR count). The molecular formula is C22H24N4O4S. The molecule has 3 heterocycles. The van der Waals surface area contributed by atoms with Gasteiger partial charge in [-0.3, -0.25) is 9.78 Å². The van der Waals surface area contributed by atoms with E-state index in [0.29, 0.717) is 31.0 Å². The number of aliphatic hydroxyl groups excluding tert-OH is 1. The molecular weight excluding hydrogens is 416 g/mol. The quantitative estimate of drug-likeness (QED) is 0.625. The van der Waals surface area contributed by atoms with Gasteiger partial charge in [0.25, 0.3) is 5.91 Å². The Hall–Kier alpha value is -2.75. The minimum Gasteiger partial charge on any atom is -0.392 e. The minimum atomic E-state index is -3.71. The Morgan fingerprint density at radius 2 is 1.97 bits per heavy atom. The SMILES string of the molecule is Cc1c(S(=O)(=O)N2CC3C(O)C3C2)cc(C(=O)NCc2cccc3ncccc23)n1C. The number of hydrogen-bond donors (Lipinski definition) is 2. The summed E-state index contributed by atoms with van der Waals surface area (Å²) in [7, 11) is -2.02. The molecule has 0 radical (unpaired) electrons. The number of piperidine rings is 1. The maximum atomic E-state index is 13.1. The molecule has 0 spiro atoms. The second kappa shape index (κ2) is 7.15. The second-order valence-electron chi connectivity index (χ2n) is 8.35. The fraction of sp³-hybridized carbons (Fsp3) is 0.364. The normalized spacial score (nSPS) is 23.1. The van der Waals surface area contributed by atoms with Crippen LogP contribution in [0.4, 0.5) is 0 Å². The number of amides is 1. The Kier molecular flexibility index (Phi) is 4.65. The van der Waals surface area contributed by atoms with Crippen molar-refractivity contribution in [3.63, 3.8) is 0 Å². The van der Waals surface area contributed by atoms with Crippen molar-refractivity contribution in [2.45, 2.75) is 24.5 Å². The van der Waals surface area contributed by atoms with Crippen molar-refractivity contribution in [2.75, 3.05) is 13.1 Å². The zero-order valence-corrected chi connectivity index (χ0v) is 18.1. The highest BCUT2D eigenvalue weighted by Crippen LogP contribution is 2.47. The molecule has 31 heavy (non-hydrogen) atoms. The van der Waals surface area contributed by atoms with Crippen LogP contribution < -0.4 is 5.32 Å². The summed E-state index contributed by atoms with van der Waals surface area (Å²) in [5.41, 5.74) is 2.60. The molecule has 1 amide bonds. The van der Waals surface area contributed by atoms with Crippen molar-refractivity contribution in [2.24, 2.45) is 18.9 Å². The van der Waals surface area contributed by atoms with Crippen molar-refractivity contribution >= 4 is 26.8 Å². The molecule has 1 saturated carbocycles. The van der Waals surface area contributed by atoms with Crippen LogP contribution in [0.3, 0.4) is 0 Å². The Bertz CT molecular complexity index is 1280. The summed E-state index contributed by atoms with van der Waals surface area (Å²) in [6, 6.07) is 11.0. The van der Waals surface area contributed by atoms with Gasteiger partial charge in [-0.15, -0.1) is 0 Å². The molecule has 2 unspecified atom stereocenters. The number of nitrogens with zero attached hydrogens (tertiary/aromatic N) is 3. The summed E-state index contributed by atoms with van der Waals surface area (Å²) in [5, 5.41) is 13.6. The Morgan fingerprint density at radius 1 is 1.23 bits per heavy atom. The molecule has 9 heteroatoms. The predicted octanol–water partition coefficient (Wildman–Crippen LogP) is 1.42. The average molecular weight is 441 g/mol. The van der Waals surface area contributed by atoms with E-state index in [2.05, 4.69) is 10.3 Å². The van der Waals surface area contributed by atoms with Crippen LogP contribution in [-0.2, 0) is 23.6 Å². The highest BCUT2D eigenvalue weighted by atomic mass is 32.2. The van der Waals surface area contributed by atoms with Gasteiger partial charge >= 0.3 is 0 Å². The molecule has 2 aliphatic rings. The standard InChI is InChI=1S/C22H24N4O4S/c1-13-20(31(29,30)26-11-16-17(12-26)21(16)27)9-19(25(13)2)22(28)24-10-14-5-3-7-18-15(14)6-4-8-23-18/h3-9,16-17,21,27H,10-12H2,1-2H3,(H,24,28). The first-order valence-corrected chi connectivity index (χ1v) is 11.7. The number of rotatable bonds is 5.